The molecular weight excluding hydrogens is 253 g/mol. The molecule has 0 fully saturated rings. The van der Waals surface area contributed by atoms with Crippen molar-refractivity contribution in [3.8, 4) is 0 Å². The molecule has 0 aliphatic heterocycles. The first-order valence-corrected chi connectivity index (χ1v) is 5.42. The molecule has 0 heterocycles. The molecule has 0 unspecified atom stereocenters. The van der Waals surface area contributed by atoms with Crippen LogP contribution in [0, 0.1) is 0 Å². The quantitative estimate of drug-likeness (QED) is 0.686. The molecule has 0 atom stereocenters. The van der Waals surface area contributed by atoms with Crippen molar-refractivity contribution in [3.05, 3.63) is 0 Å². The Labute approximate surface area is 103 Å². The molecule has 106 valence electrons. The van der Waals surface area contributed by atoms with Crippen molar-refractivity contribution >= 4 is 11.9 Å². The van der Waals surface area contributed by atoms with E-state index in [0.717, 1.165) is 7.11 Å². The zero-order chi connectivity index (χ0) is 14.2. The summed E-state index contributed by atoms with van der Waals surface area (Å²) in [4.78, 5) is 23.0. The summed E-state index contributed by atoms with van der Waals surface area (Å²) in [5, 5.41) is 2.64. The van der Waals surface area contributed by atoms with Crippen LogP contribution in [0.1, 0.15) is 13.3 Å². The average Bonchev–Trinajstić information content (AvgIpc) is 2.29. The zero-order valence-electron chi connectivity index (χ0n) is 10.3. The Balaban J connectivity index is 4.41. The maximum absolute atomic E-state index is 12.3. The Morgan fingerprint density at radius 3 is 2.39 bits per heavy atom. The summed E-state index contributed by atoms with van der Waals surface area (Å²) in [6, 6.07) is 0. The number of rotatable bonds is 7. The van der Waals surface area contributed by atoms with E-state index in [1.165, 1.54) is 0 Å². The van der Waals surface area contributed by atoms with Gasteiger partial charge in [-0.25, -0.2) is 0 Å². The zero-order valence-corrected chi connectivity index (χ0v) is 10.3. The van der Waals surface area contributed by atoms with Gasteiger partial charge in [-0.1, -0.05) is 6.92 Å². The highest BCUT2D eigenvalue weighted by atomic mass is 19.4. The first-order valence-electron chi connectivity index (χ1n) is 5.42. The van der Waals surface area contributed by atoms with E-state index in [4.69, 9.17) is 0 Å². The number of esters is 1. The summed E-state index contributed by atoms with van der Waals surface area (Å²) in [5.41, 5.74) is 0. The van der Waals surface area contributed by atoms with Gasteiger partial charge in [-0.3, -0.25) is 9.59 Å². The Morgan fingerprint density at radius 2 is 1.94 bits per heavy atom. The number of carbonyl (C=O) groups excluding carboxylic acids is 2. The summed E-state index contributed by atoms with van der Waals surface area (Å²) in [7, 11) is 1.14. The van der Waals surface area contributed by atoms with Crippen LogP contribution in [0.3, 0.4) is 0 Å². The van der Waals surface area contributed by atoms with E-state index in [1.54, 1.807) is 6.92 Å². The predicted molar refractivity (Wildman–Crippen MR) is 57.8 cm³/mol. The number of likely N-dealkylation sites (N-methyl/N-ethyl adjacent to an activating group) is 1. The molecule has 0 bridgehead atoms. The third-order valence-electron chi connectivity index (χ3n) is 2.06. The number of ether oxygens (including phenoxy) is 1. The van der Waals surface area contributed by atoms with E-state index in [0.29, 0.717) is 11.4 Å². The van der Waals surface area contributed by atoms with Crippen LogP contribution in [-0.4, -0.2) is 56.2 Å². The normalized spacial score (nSPS) is 11.2. The van der Waals surface area contributed by atoms with Crippen molar-refractivity contribution < 1.29 is 27.5 Å². The first-order chi connectivity index (χ1) is 8.30. The minimum atomic E-state index is -4.49. The summed E-state index contributed by atoms with van der Waals surface area (Å²) in [6.07, 6.45) is -4.75. The SMILES string of the molecule is CCNCC(=O)N(CCC(=O)OC)CC(F)(F)F. The summed E-state index contributed by atoms with van der Waals surface area (Å²) in [5.74, 6) is -1.35. The number of nitrogens with zero attached hydrogens (tertiary/aromatic N) is 1. The van der Waals surface area contributed by atoms with Gasteiger partial charge in [0.05, 0.1) is 20.1 Å². The molecule has 0 aromatic carbocycles. The number of halogens is 3. The van der Waals surface area contributed by atoms with E-state index in [9.17, 15) is 22.8 Å². The van der Waals surface area contributed by atoms with Crippen molar-refractivity contribution in [1.82, 2.24) is 10.2 Å². The average molecular weight is 270 g/mol. The third-order valence-corrected chi connectivity index (χ3v) is 2.06. The molecule has 0 aliphatic rings. The van der Waals surface area contributed by atoms with E-state index in [2.05, 4.69) is 10.1 Å². The van der Waals surface area contributed by atoms with Crippen LogP contribution in [0.2, 0.25) is 0 Å². The van der Waals surface area contributed by atoms with E-state index in [-0.39, 0.29) is 19.5 Å². The van der Waals surface area contributed by atoms with Crippen molar-refractivity contribution in [2.45, 2.75) is 19.5 Å². The number of alkyl halides is 3. The van der Waals surface area contributed by atoms with Crippen molar-refractivity contribution in [2.24, 2.45) is 0 Å². The number of carbonyl (C=O) groups is 2. The van der Waals surface area contributed by atoms with E-state index >= 15 is 0 Å². The first kappa shape index (κ1) is 16.7. The highest BCUT2D eigenvalue weighted by Crippen LogP contribution is 2.16. The highest BCUT2D eigenvalue weighted by molar-refractivity contribution is 5.79. The Hall–Kier alpha value is -1.31. The molecule has 1 N–H and O–H groups in total. The lowest BCUT2D eigenvalue weighted by molar-refractivity contribution is -0.162. The molecule has 0 aliphatic carbocycles. The van der Waals surface area contributed by atoms with Crippen molar-refractivity contribution in [2.75, 3.05) is 33.3 Å². The molecule has 0 aromatic heterocycles. The smallest absolute Gasteiger partial charge is 0.406 e. The lowest BCUT2D eigenvalue weighted by Crippen LogP contribution is -2.44. The fraction of sp³-hybridized carbons (Fsp3) is 0.800. The number of methoxy groups -OCH3 is 1. The molecule has 0 saturated heterocycles. The van der Waals surface area contributed by atoms with Crippen LogP contribution in [0.25, 0.3) is 0 Å². The van der Waals surface area contributed by atoms with E-state index < -0.39 is 24.6 Å². The number of hydrogen-bond acceptors (Lipinski definition) is 4. The van der Waals surface area contributed by atoms with Crippen LogP contribution in [0.15, 0.2) is 0 Å². The number of nitrogens with one attached hydrogen (secondary N) is 1. The van der Waals surface area contributed by atoms with Gasteiger partial charge >= 0.3 is 12.1 Å². The molecule has 0 rings (SSSR count). The monoisotopic (exact) mass is 270 g/mol. The molecule has 8 heteroatoms. The van der Waals surface area contributed by atoms with Crippen molar-refractivity contribution in [1.29, 1.82) is 0 Å². The van der Waals surface area contributed by atoms with Gasteiger partial charge in [0, 0.05) is 6.54 Å². The summed E-state index contributed by atoms with van der Waals surface area (Å²) in [6.45, 7) is 0.344. The second-order valence-corrected chi connectivity index (χ2v) is 3.54. The highest BCUT2D eigenvalue weighted by Gasteiger charge is 2.32. The maximum atomic E-state index is 12.3. The van der Waals surface area contributed by atoms with Crippen LogP contribution >= 0.6 is 0 Å². The van der Waals surface area contributed by atoms with Crippen LogP contribution < -0.4 is 5.32 Å². The number of hydrogen-bond donors (Lipinski definition) is 1. The largest absolute Gasteiger partial charge is 0.469 e. The van der Waals surface area contributed by atoms with Crippen LogP contribution in [-0.2, 0) is 14.3 Å². The topological polar surface area (TPSA) is 58.6 Å². The predicted octanol–water partition coefficient (Wildman–Crippen LogP) is 0.550. The second kappa shape index (κ2) is 7.91. The fourth-order valence-corrected chi connectivity index (χ4v) is 1.18. The minimum Gasteiger partial charge on any atom is -0.469 e. The summed E-state index contributed by atoms with van der Waals surface area (Å²) >= 11 is 0. The van der Waals surface area contributed by atoms with Gasteiger partial charge in [0.2, 0.25) is 5.91 Å². The molecule has 0 radical (unpaired) electrons. The lowest BCUT2D eigenvalue weighted by Gasteiger charge is -2.23. The van der Waals surface area contributed by atoms with Gasteiger partial charge in [-0.05, 0) is 6.54 Å². The molecule has 1 amide bonds. The van der Waals surface area contributed by atoms with Gasteiger partial charge in [-0.15, -0.1) is 0 Å². The Morgan fingerprint density at radius 1 is 1.33 bits per heavy atom. The standard InChI is InChI=1S/C10H17F3N2O3/c1-3-14-6-8(16)15(7-10(11,12)13)5-4-9(17)18-2/h14H,3-7H2,1-2H3. The maximum Gasteiger partial charge on any atom is 0.406 e. The Bertz CT molecular complexity index is 282. The molecule has 5 nitrogen and oxygen atoms in total. The van der Waals surface area contributed by atoms with Crippen molar-refractivity contribution in [3.63, 3.8) is 0 Å². The molecule has 0 spiro atoms. The molecule has 0 saturated carbocycles. The molecule has 18 heavy (non-hydrogen) atoms. The third kappa shape index (κ3) is 7.88. The lowest BCUT2D eigenvalue weighted by atomic mass is 10.3. The van der Waals surface area contributed by atoms with Crippen LogP contribution in [0.5, 0.6) is 0 Å². The van der Waals surface area contributed by atoms with Gasteiger partial charge in [0.25, 0.3) is 0 Å². The van der Waals surface area contributed by atoms with Gasteiger partial charge in [0.1, 0.15) is 6.54 Å². The second-order valence-electron chi connectivity index (χ2n) is 3.54. The van der Waals surface area contributed by atoms with Gasteiger partial charge in [0.15, 0.2) is 0 Å². The molecular formula is C10H17F3N2O3. The molecule has 0 aromatic rings. The Kier molecular flexibility index (Phi) is 7.33. The van der Waals surface area contributed by atoms with E-state index in [1.807, 2.05) is 0 Å². The fourth-order valence-electron chi connectivity index (χ4n) is 1.18. The van der Waals surface area contributed by atoms with Crippen LogP contribution in [0.4, 0.5) is 13.2 Å². The van der Waals surface area contributed by atoms with Gasteiger partial charge < -0.3 is 15.0 Å². The minimum absolute atomic E-state index is 0.187. The number of amides is 1. The summed E-state index contributed by atoms with van der Waals surface area (Å²) < 4.78 is 41.1. The van der Waals surface area contributed by atoms with Gasteiger partial charge in [-0.2, -0.15) is 13.2 Å².